The minimum atomic E-state index is -1.13. The molecule has 0 saturated carbocycles. The number of carboxylic acid groups (broad SMARTS) is 1. The molecule has 6 rings (SSSR count). The van der Waals surface area contributed by atoms with E-state index >= 15 is 0 Å². The number of nitrogens with one attached hydrogen (secondary N) is 1. The number of nitrogens with zero attached hydrogens (tertiary/aromatic N) is 1. The summed E-state index contributed by atoms with van der Waals surface area (Å²) < 4.78 is 18.2. The number of aromatic carboxylic acids is 1. The van der Waals surface area contributed by atoms with Crippen molar-refractivity contribution >= 4 is 24.1 Å². The van der Waals surface area contributed by atoms with Crippen molar-refractivity contribution in [2.24, 2.45) is 0 Å². The van der Waals surface area contributed by atoms with E-state index < -0.39 is 29.1 Å². The summed E-state index contributed by atoms with van der Waals surface area (Å²) in [7, 11) is 0. The molecule has 0 aliphatic heterocycles. The van der Waals surface area contributed by atoms with E-state index in [1.54, 1.807) is 44.3 Å². The first-order valence-corrected chi connectivity index (χ1v) is 15.9. The van der Waals surface area contributed by atoms with E-state index in [2.05, 4.69) is 4.98 Å². The van der Waals surface area contributed by atoms with E-state index in [4.69, 9.17) is 14.2 Å². The molecule has 0 atom stereocenters. The summed E-state index contributed by atoms with van der Waals surface area (Å²) in [5.74, 6) is -1.51. The van der Waals surface area contributed by atoms with Crippen LogP contribution in [0.15, 0.2) is 101 Å². The summed E-state index contributed by atoms with van der Waals surface area (Å²) in [6.45, 7) is 4.01. The van der Waals surface area contributed by atoms with Crippen LogP contribution in [0.25, 0.3) is 12.2 Å². The number of H-pyrrole nitrogens is 1. The number of fused-ring (bicyclic) bond motifs is 2. The summed E-state index contributed by atoms with van der Waals surface area (Å²) in [5, 5.41) is 9.55. The number of ether oxygens (including phenoxy) is 3. The molecule has 0 bridgehead atoms. The van der Waals surface area contributed by atoms with E-state index in [-0.39, 0.29) is 36.6 Å². The molecule has 0 spiro atoms. The lowest BCUT2D eigenvalue weighted by atomic mass is 9.83. The topological polar surface area (TPSA) is 137 Å². The SMILES string of the molecule is CCOC(=O)c1cc(COc2cc(OCC)cc(C(=O)O)c2)cc(Cn2cc(C3c4ccccc4C=Cc4ccccc43)c(=O)[nH]c2=O)c1. The fourth-order valence-electron chi connectivity index (χ4n) is 6.04. The number of rotatable bonds is 11. The minimum absolute atomic E-state index is 0.00450. The van der Waals surface area contributed by atoms with Gasteiger partial charge in [-0.3, -0.25) is 14.3 Å². The molecule has 1 aromatic heterocycles. The van der Waals surface area contributed by atoms with Crippen LogP contribution in [0.3, 0.4) is 0 Å². The maximum atomic E-state index is 13.5. The smallest absolute Gasteiger partial charge is 0.338 e. The van der Waals surface area contributed by atoms with Crippen LogP contribution in [0.1, 0.15) is 79.4 Å². The van der Waals surface area contributed by atoms with Crippen molar-refractivity contribution in [1.29, 1.82) is 0 Å². The highest BCUT2D eigenvalue weighted by molar-refractivity contribution is 5.90. The summed E-state index contributed by atoms with van der Waals surface area (Å²) in [5.41, 5.74) is 4.54. The van der Waals surface area contributed by atoms with Gasteiger partial charge in [0, 0.05) is 23.7 Å². The number of carboxylic acids is 1. The van der Waals surface area contributed by atoms with E-state index in [9.17, 15) is 24.3 Å². The zero-order chi connectivity index (χ0) is 34.5. The molecule has 0 fully saturated rings. The normalized spacial score (nSPS) is 12.0. The Morgan fingerprint density at radius 3 is 2.02 bits per heavy atom. The van der Waals surface area contributed by atoms with Gasteiger partial charge in [-0.05, 0) is 71.5 Å². The van der Waals surface area contributed by atoms with Crippen molar-refractivity contribution < 1.29 is 28.9 Å². The van der Waals surface area contributed by atoms with Crippen LogP contribution in [0, 0.1) is 0 Å². The van der Waals surface area contributed by atoms with Crippen molar-refractivity contribution in [1.82, 2.24) is 9.55 Å². The molecule has 0 radical (unpaired) electrons. The van der Waals surface area contributed by atoms with Crippen LogP contribution in [0.4, 0.5) is 0 Å². The Kier molecular flexibility index (Phi) is 9.57. The average molecular weight is 659 g/mol. The standard InChI is InChI=1S/C39H34N2O8/c1-3-47-30-18-28(37(43)44)19-31(20-30)49-23-25-15-24(16-29(17-25)38(45)48-4-2)21-41-22-34(36(42)40-39(41)46)35-32-11-7-5-9-26(32)13-14-27-10-6-8-12-33(27)35/h5-20,22,35H,3-4,21,23H2,1-2H3,(H,43,44)(H,40,42,46). The number of hydrogen-bond acceptors (Lipinski definition) is 7. The monoisotopic (exact) mass is 658 g/mol. The van der Waals surface area contributed by atoms with Gasteiger partial charge in [0.15, 0.2) is 0 Å². The van der Waals surface area contributed by atoms with E-state index in [0.29, 0.717) is 29.0 Å². The number of carbonyl (C=O) groups excluding carboxylic acids is 1. The molecule has 2 N–H and O–H groups in total. The quantitative estimate of drug-likeness (QED) is 0.159. The number of esters is 1. The van der Waals surface area contributed by atoms with Crippen molar-refractivity contribution in [3.63, 3.8) is 0 Å². The molecule has 5 aromatic rings. The second-order valence-corrected chi connectivity index (χ2v) is 11.5. The molecule has 1 heterocycles. The van der Waals surface area contributed by atoms with Crippen LogP contribution >= 0.6 is 0 Å². The Morgan fingerprint density at radius 1 is 0.755 bits per heavy atom. The Bertz CT molecular complexity index is 2150. The first kappa shape index (κ1) is 32.8. The van der Waals surface area contributed by atoms with Crippen molar-refractivity contribution in [2.45, 2.75) is 32.9 Å². The van der Waals surface area contributed by atoms with E-state index in [0.717, 1.165) is 22.3 Å². The number of aromatic amines is 1. The van der Waals surface area contributed by atoms with Gasteiger partial charge < -0.3 is 19.3 Å². The zero-order valence-corrected chi connectivity index (χ0v) is 27.0. The van der Waals surface area contributed by atoms with Gasteiger partial charge >= 0.3 is 17.6 Å². The molecule has 49 heavy (non-hydrogen) atoms. The largest absolute Gasteiger partial charge is 0.494 e. The zero-order valence-electron chi connectivity index (χ0n) is 27.0. The van der Waals surface area contributed by atoms with Gasteiger partial charge in [-0.25, -0.2) is 14.4 Å². The van der Waals surface area contributed by atoms with Gasteiger partial charge in [0.1, 0.15) is 18.1 Å². The van der Waals surface area contributed by atoms with Crippen molar-refractivity contribution in [3.05, 3.63) is 162 Å². The highest BCUT2D eigenvalue weighted by Crippen LogP contribution is 2.37. The van der Waals surface area contributed by atoms with Crippen molar-refractivity contribution in [3.8, 4) is 11.5 Å². The molecule has 0 unspecified atom stereocenters. The number of hydrogen-bond donors (Lipinski definition) is 2. The fourth-order valence-corrected chi connectivity index (χ4v) is 6.04. The van der Waals surface area contributed by atoms with Gasteiger partial charge in [0.25, 0.3) is 5.56 Å². The number of carbonyl (C=O) groups is 2. The van der Waals surface area contributed by atoms with E-state index in [1.807, 2.05) is 60.7 Å². The first-order valence-electron chi connectivity index (χ1n) is 15.9. The van der Waals surface area contributed by atoms with Gasteiger partial charge in [-0.15, -0.1) is 0 Å². The molecule has 1 aliphatic rings. The second-order valence-electron chi connectivity index (χ2n) is 11.5. The molecular weight excluding hydrogens is 624 g/mol. The van der Waals surface area contributed by atoms with Gasteiger partial charge in [-0.2, -0.15) is 0 Å². The molecule has 10 heteroatoms. The first-order chi connectivity index (χ1) is 23.7. The molecule has 0 saturated heterocycles. The van der Waals surface area contributed by atoms with Crippen LogP contribution in [0.5, 0.6) is 11.5 Å². The predicted octanol–water partition coefficient (Wildman–Crippen LogP) is 6.10. The lowest BCUT2D eigenvalue weighted by Gasteiger charge is -2.21. The van der Waals surface area contributed by atoms with Crippen LogP contribution < -0.4 is 20.7 Å². The molecule has 4 aromatic carbocycles. The summed E-state index contributed by atoms with van der Waals surface area (Å²) in [4.78, 5) is 53.8. The third-order valence-corrected chi connectivity index (χ3v) is 8.17. The molecule has 248 valence electrons. The van der Waals surface area contributed by atoms with Crippen LogP contribution in [0.2, 0.25) is 0 Å². The summed E-state index contributed by atoms with van der Waals surface area (Å²) >= 11 is 0. The average Bonchev–Trinajstić information content (AvgIpc) is 3.26. The predicted molar refractivity (Wildman–Crippen MR) is 184 cm³/mol. The Labute approximate surface area is 281 Å². The van der Waals surface area contributed by atoms with Gasteiger partial charge in [-0.1, -0.05) is 66.7 Å². The lowest BCUT2D eigenvalue weighted by Crippen LogP contribution is -2.33. The maximum absolute atomic E-state index is 13.5. The fraction of sp³-hybridized carbons (Fsp3) is 0.179. The number of aromatic nitrogens is 2. The summed E-state index contributed by atoms with van der Waals surface area (Å²) in [6.07, 6.45) is 5.64. The minimum Gasteiger partial charge on any atom is -0.494 e. The third-order valence-electron chi connectivity index (χ3n) is 8.17. The molecular formula is C39H34N2O8. The van der Waals surface area contributed by atoms with Crippen LogP contribution in [-0.2, 0) is 17.9 Å². The summed E-state index contributed by atoms with van der Waals surface area (Å²) in [6, 6.07) is 25.1. The Hall–Kier alpha value is -6.16. The lowest BCUT2D eigenvalue weighted by molar-refractivity contribution is 0.0525. The highest BCUT2D eigenvalue weighted by atomic mass is 16.5. The molecule has 1 aliphatic carbocycles. The van der Waals surface area contributed by atoms with Gasteiger partial charge in [0.05, 0.1) is 30.9 Å². The highest BCUT2D eigenvalue weighted by Gasteiger charge is 2.26. The Morgan fingerprint density at radius 2 is 1.39 bits per heavy atom. The van der Waals surface area contributed by atoms with Gasteiger partial charge in [0.2, 0.25) is 0 Å². The van der Waals surface area contributed by atoms with Crippen LogP contribution in [-0.4, -0.2) is 39.8 Å². The Balaban J connectivity index is 1.38. The molecule has 10 nitrogen and oxygen atoms in total. The third kappa shape index (κ3) is 7.23. The van der Waals surface area contributed by atoms with E-state index in [1.165, 1.54) is 16.7 Å². The maximum Gasteiger partial charge on any atom is 0.338 e. The second kappa shape index (κ2) is 14.3. The van der Waals surface area contributed by atoms with Crippen molar-refractivity contribution in [2.75, 3.05) is 13.2 Å². The number of benzene rings is 4. The molecule has 0 amide bonds.